The molecule has 4 heteroatoms. The van der Waals surface area contributed by atoms with Crippen molar-refractivity contribution < 1.29 is 14.4 Å². The highest BCUT2D eigenvalue weighted by molar-refractivity contribution is 5.78. The normalized spacial score (nSPS) is 23.1. The van der Waals surface area contributed by atoms with Crippen molar-refractivity contribution in [1.29, 1.82) is 0 Å². The average molecular weight is 229 g/mol. The quantitative estimate of drug-likeness (QED) is 0.692. The Morgan fingerprint density at radius 3 is 2.69 bits per heavy atom. The summed E-state index contributed by atoms with van der Waals surface area (Å²) in [5.41, 5.74) is -0.887. The molecule has 1 fully saturated rings. The summed E-state index contributed by atoms with van der Waals surface area (Å²) < 4.78 is 4.99. The number of hydrogen-bond acceptors (Lipinski definition) is 4. The summed E-state index contributed by atoms with van der Waals surface area (Å²) in [5.74, 6) is -0.298. The molecular weight excluding hydrogens is 206 g/mol. The Kier molecular flexibility index (Phi) is 4.74. The van der Waals surface area contributed by atoms with Crippen LogP contribution in [0.15, 0.2) is 0 Å². The average Bonchev–Trinajstić information content (AvgIpc) is 2.21. The molecule has 1 rings (SSSR count). The second-order valence-electron chi connectivity index (χ2n) is 4.81. The van der Waals surface area contributed by atoms with Gasteiger partial charge in [-0.1, -0.05) is 6.42 Å². The van der Waals surface area contributed by atoms with Gasteiger partial charge < -0.3 is 4.74 Å². The Morgan fingerprint density at radius 1 is 1.44 bits per heavy atom. The lowest BCUT2D eigenvalue weighted by Gasteiger charge is -2.37. The summed E-state index contributed by atoms with van der Waals surface area (Å²) >= 11 is 0. The molecule has 0 N–H and O–H groups in total. The van der Waals surface area contributed by atoms with Crippen molar-refractivity contribution in [3.63, 3.8) is 0 Å². The molecule has 0 bridgehead atoms. The summed E-state index contributed by atoms with van der Waals surface area (Å²) in [6.45, 7) is 8.72. The Labute approximate surface area is 97.9 Å². The molecular formula is C12H23NO3. The predicted molar refractivity (Wildman–Crippen MR) is 61.8 cm³/mol. The van der Waals surface area contributed by atoms with Crippen LogP contribution in [0.4, 0.5) is 0 Å². The van der Waals surface area contributed by atoms with Crippen LogP contribution in [0.5, 0.6) is 0 Å². The van der Waals surface area contributed by atoms with Gasteiger partial charge in [0.05, 0.1) is 6.61 Å². The highest BCUT2D eigenvalue weighted by Crippen LogP contribution is 2.22. The number of hydrogen-bond donors (Lipinski definition) is 0. The fraction of sp³-hybridized carbons (Fsp3) is 0.917. The van der Waals surface area contributed by atoms with Gasteiger partial charge in [-0.3, -0.25) is 4.84 Å². The van der Waals surface area contributed by atoms with E-state index in [0.29, 0.717) is 12.6 Å². The lowest BCUT2D eigenvalue weighted by molar-refractivity contribution is -0.262. The molecule has 0 spiro atoms. The van der Waals surface area contributed by atoms with Crippen LogP contribution in [-0.4, -0.2) is 35.8 Å². The third-order valence-electron chi connectivity index (χ3n) is 2.85. The molecule has 0 aliphatic carbocycles. The number of hydroxylamine groups is 2. The van der Waals surface area contributed by atoms with Crippen molar-refractivity contribution in [3.05, 3.63) is 0 Å². The van der Waals surface area contributed by atoms with Gasteiger partial charge in [-0.25, -0.2) is 4.79 Å². The molecule has 1 aliphatic heterocycles. The van der Waals surface area contributed by atoms with E-state index in [9.17, 15) is 4.79 Å². The predicted octanol–water partition coefficient (Wildman–Crippen LogP) is 2.13. The van der Waals surface area contributed by atoms with Gasteiger partial charge in [-0.15, -0.1) is 0 Å². The minimum Gasteiger partial charge on any atom is -0.464 e. The molecule has 1 heterocycles. The first-order chi connectivity index (χ1) is 7.47. The van der Waals surface area contributed by atoms with Crippen LogP contribution in [0.1, 0.15) is 47.0 Å². The molecule has 1 atom stereocenters. The van der Waals surface area contributed by atoms with Crippen molar-refractivity contribution in [1.82, 2.24) is 5.06 Å². The first-order valence-corrected chi connectivity index (χ1v) is 6.10. The molecule has 0 saturated carbocycles. The largest absolute Gasteiger partial charge is 0.464 e. The van der Waals surface area contributed by atoms with E-state index in [1.165, 1.54) is 6.42 Å². The fourth-order valence-electron chi connectivity index (χ4n) is 1.84. The van der Waals surface area contributed by atoms with Crippen molar-refractivity contribution in [2.45, 2.75) is 58.6 Å². The maximum absolute atomic E-state index is 11.7. The zero-order valence-electron chi connectivity index (χ0n) is 10.8. The van der Waals surface area contributed by atoms with Crippen LogP contribution in [0.2, 0.25) is 0 Å². The number of carbonyl (C=O) groups is 1. The van der Waals surface area contributed by atoms with Gasteiger partial charge in [0.15, 0.2) is 5.60 Å². The SMILES string of the molecule is CCOC(=O)C(C)(C)ON1CCCCC1C. The second-order valence-corrected chi connectivity index (χ2v) is 4.81. The summed E-state index contributed by atoms with van der Waals surface area (Å²) in [6, 6.07) is 0.377. The van der Waals surface area contributed by atoms with Crippen molar-refractivity contribution >= 4 is 5.97 Å². The van der Waals surface area contributed by atoms with Gasteiger partial charge >= 0.3 is 5.97 Å². The lowest BCUT2D eigenvalue weighted by Crippen LogP contribution is -2.47. The second kappa shape index (κ2) is 5.64. The molecule has 1 saturated heterocycles. The van der Waals surface area contributed by atoms with Crippen LogP contribution in [0.3, 0.4) is 0 Å². The minimum atomic E-state index is -0.887. The molecule has 0 aromatic carbocycles. The summed E-state index contributed by atoms with van der Waals surface area (Å²) in [7, 11) is 0. The van der Waals surface area contributed by atoms with E-state index < -0.39 is 5.60 Å². The van der Waals surface area contributed by atoms with Crippen molar-refractivity contribution in [2.24, 2.45) is 0 Å². The van der Waals surface area contributed by atoms with Crippen molar-refractivity contribution in [2.75, 3.05) is 13.2 Å². The van der Waals surface area contributed by atoms with Crippen LogP contribution in [-0.2, 0) is 14.4 Å². The van der Waals surface area contributed by atoms with Gasteiger partial charge in [0, 0.05) is 12.6 Å². The third kappa shape index (κ3) is 3.46. The van der Waals surface area contributed by atoms with E-state index in [1.807, 2.05) is 5.06 Å². The molecule has 0 radical (unpaired) electrons. The molecule has 16 heavy (non-hydrogen) atoms. The highest BCUT2D eigenvalue weighted by Gasteiger charge is 2.35. The molecule has 94 valence electrons. The number of piperidine rings is 1. The van der Waals surface area contributed by atoms with E-state index in [1.54, 1.807) is 20.8 Å². The number of ether oxygens (including phenoxy) is 1. The Hall–Kier alpha value is -0.610. The van der Waals surface area contributed by atoms with Gasteiger partial charge in [-0.2, -0.15) is 5.06 Å². The highest BCUT2D eigenvalue weighted by atomic mass is 16.7. The number of rotatable bonds is 4. The zero-order valence-corrected chi connectivity index (χ0v) is 10.8. The van der Waals surface area contributed by atoms with E-state index in [4.69, 9.17) is 9.57 Å². The van der Waals surface area contributed by atoms with Crippen LogP contribution < -0.4 is 0 Å². The molecule has 0 aromatic rings. The molecule has 1 aliphatic rings. The lowest BCUT2D eigenvalue weighted by atomic mass is 10.1. The number of nitrogens with zero attached hydrogens (tertiary/aromatic N) is 1. The van der Waals surface area contributed by atoms with Gasteiger partial charge in [0.25, 0.3) is 0 Å². The standard InChI is InChI=1S/C12H23NO3/c1-5-15-11(14)12(3,4)16-13-9-7-6-8-10(13)2/h10H,5-9H2,1-4H3. The molecule has 1 unspecified atom stereocenters. The number of esters is 1. The Morgan fingerprint density at radius 2 is 2.12 bits per heavy atom. The molecule has 0 aromatic heterocycles. The first kappa shape index (κ1) is 13.5. The van der Waals surface area contributed by atoms with E-state index in [-0.39, 0.29) is 5.97 Å². The molecule has 0 amide bonds. The summed E-state index contributed by atoms with van der Waals surface area (Å²) in [6.07, 6.45) is 3.49. The topological polar surface area (TPSA) is 38.8 Å². The third-order valence-corrected chi connectivity index (χ3v) is 2.85. The number of carbonyl (C=O) groups excluding carboxylic acids is 1. The summed E-state index contributed by atoms with van der Waals surface area (Å²) in [5, 5.41) is 1.92. The van der Waals surface area contributed by atoms with E-state index in [2.05, 4.69) is 6.92 Å². The van der Waals surface area contributed by atoms with Gasteiger partial charge in [-0.05, 0) is 40.5 Å². The first-order valence-electron chi connectivity index (χ1n) is 6.10. The van der Waals surface area contributed by atoms with Gasteiger partial charge in [0.2, 0.25) is 0 Å². The van der Waals surface area contributed by atoms with Crippen molar-refractivity contribution in [3.8, 4) is 0 Å². The Bertz CT molecular complexity index is 240. The molecule has 4 nitrogen and oxygen atoms in total. The van der Waals surface area contributed by atoms with Crippen LogP contribution >= 0.6 is 0 Å². The summed E-state index contributed by atoms with van der Waals surface area (Å²) in [4.78, 5) is 17.4. The maximum atomic E-state index is 11.7. The fourth-order valence-corrected chi connectivity index (χ4v) is 1.84. The van der Waals surface area contributed by atoms with Crippen LogP contribution in [0.25, 0.3) is 0 Å². The van der Waals surface area contributed by atoms with E-state index in [0.717, 1.165) is 19.4 Å². The van der Waals surface area contributed by atoms with Gasteiger partial charge in [0.1, 0.15) is 0 Å². The van der Waals surface area contributed by atoms with Crippen LogP contribution in [0, 0.1) is 0 Å². The van der Waals surface area contributed by atoms with E-state index >= 15 is 0 Å². The smallest absolute Gasteiger partial charge is 0.339 e. The monoisotopic (exact) mass is 229 g/mol. The maximum Gasteiger partial charge on any atom is 0.339 e. The zero-order chi connectivity index (χ0) is 12.2. The Balaban J connectivity index is 2.53. The minimum absolute atomic E-state index is 0.298.